The van der Waals surface area contributed by atoms with Gasteiger partial charge in [-0.25, -0.2) is 0 Å². The van der Waals surface area contributed by atoms with E-state index in [0.29, 0.717) is 18.9 Å². The Bertz CT molecular complexity index is 459. The minimum atomic E-state index is 0.185. The molecule has 1 aromatic carbocycles. The lowest BCUT2D eigenvalue weighted by atomic mass is 10.1. The normalized spacial score (nSPS) is 20.1. The van der Waals surface area contributed by atoms with Gasteiger partial charge < -0.3 is 10.6 Å². The second-order valence-corrected chi connectivity index (χ2v) is 5.48. The van der Waals surface area contributed by atoms with E-state index < -0.39 is 0 Å². The molecule has 0 bridgehead atoms. The smallest absolute Gasteiger partial charge is 0.227 e. The molecule has 0 spiro atoms. The second kappa shape index (κ2) is 4.78. The van der Waals surface area contributed by atoms with E-state index in [1.54, 1.807) is 0 Å². The molecule has 0 saturated carbocycles. The van der Waals surface area contributed by atoms with Gasteiger partial charge in [-0.2, -0.15) is 0 Å². The Hall–Kier alpha value is -0.870. The number of hydrogen-bond donors (Lipinski definition) is 1. The van der Waals surface area contributed by atoms with Gasteiger partial charge in [0, 0.05) is 23.1 Å². The van der Waals surface area contributed by atoms with Crippen LogP contribution in [0.15, 0.2) is 16.6 Å². The molecule has 1 fully saturated rings. The van der Waals surface area contributed by atoms with Crippen LogP contribution >= 0.6 is 15.9 Å². The molecule has 0 radical (unpaired) electrons. The van der Waals surface area contributed by atoms with E-state index in [2.05, 4.69) is 29.8 Å². The van der Waals surface area contributed by atoms with Gasteiger partial charge in [0.2, 0.25) is 5.91 Å². The summed E-state index contributed by atoms with van der Waals surface area (Å²) >= 11 is 3.51. The largest absolute Gasteiger partial charge is 0.330 e. The van der Waals surface area contributed by atoms with Gasteiger partial charge in [0.25, 0.3) is 0 Å². The molecular weight excluding hydrogens is 280 g/mol. The zero-order valence-corrected chi connectivity index (χ0v) is 11.8. The maximum atomic E-state index is 12.0. The van der Waals surface area contributed by atoms with E-state index in [4.69, 9.17) is 5.73 Å². The summed E-state index contributed by atoms with van der Waals surface area (Å²) in [5.41, 5.74) is 9.01. The fourth-order valence-corrected chi connectivity index (χ4v) is 2.67. The van der Waals surface area contributed by atoms with Crippen molar-refractivity contribution in [2.45, 2.75) is 20.3 Å². The maximum absolute atomic E-state index is 12.0. The third kappa shape index (κ3) is 2.24. The standard InChI is InChI=1S/C13H17BrN2O/c1-8-9(2)12(4-3-11(8)14)16-7-10(6-15)5-13(16)17/h3-4,10H,5-7,15H2,1-2H3. The van der Waals surface area contributed by atoms with Crippen LogP contribution in [-0.4, -0.2) is 19.0 Å². The molecule has 3 nitrogen and oxygen atoms in total. The van der Waals surface area contributed by atoms with Crippen LogP contribution in [0.3, 0.4) is 0 Å². The first-order chi connectivity index (χ1) is 8.04. The van der Waals surface area contributed by atoms with E-state index >= 15 is 0 Å². The van der Waals surface area contributed by atoms with E-state index in [1.165, 1.54) is 5.56 Å². The zero-order valence-electron chi connectivity index (χ0n) is 10.2. The summed E-state index contributed by atoms with van der Waals surface area (Å²) in [4.78, 5) is 13.8. The van der Waals surface area contributed by atoms with Crippen molar-refractivity contribution in [3.8, 4) is 0 Å². The summed E-state index contributed by atoms with van der Waals surface area (Å²) in [6, 6.07) is 4.00. The van der Waals surface area contributed by atoms with Crippen molar-refractivity contribution in [3.05, 3.63) is 27.7 Å². The molecule has 1 atom stereocenters. The summed E-state index contributed by atoms with van der Waals surface area (Å²) in [7, 11) is 0. The van der Waals surface area contributed by atoms with Crippen LogP contribution in [0, 0.1) is 19.8 Å². The Labute approximate surface area is 110 Å². The highest BCUT2D eigenvalue weighted by Gasteiger charge is 2.30. The number of halogens is 1. The zero-order chi connectivity index (χ0) is 12.6. The molecule has 1 amide bonds. The van der Waals surface area contributed by atoms with Crippen LogP contribution in [0.2, 0.25) is 0 Å². The van der Waals surface area contributed by atoms with Gasteiger partial charge in [-0.15, -0.1) is 0 Å². The number of amides is 1. The minimum absolute atomic E-state index is 0.185. The monoisotopic (exact) mass is 296 g/mol. The lowest BCUT2D eigenvalue weighted by Gasteiger charge is -2.20. The van der Waals surface area contributed by atoms with Crippen molar-refractivity contribution in [2.75, 3.05) is 18.0 Å². The molecule has 17 heavy (non-hydrogen) atoms. The number of rotatable bonds is 2. The van der Waals surface area contributed by atoms with E-state index in [1.807, 2.05) is 17.0 Å². The van der Waals surface area contributed by atoms with Crippen LogP contribution in [0.1, 0.15) is 17.5 Å². The summed E-state index contributed by atoms with van der Waals surface area (Å²) in [6.45, 7) is 5.44. The third-order valence-corrected chi connectivity index (χ3v) is 4.38. The van der Waals surface area contributed by atoms with Crippen molar-refractivity contribution >= 4 is 27.5 Å². The second-order valence-electron chi connectivity index (χ2n) is 4.63. The quantitative estimate of drug-likeness (QED) is 0.911. The van der Waals surface area contributed by atoms with Crippen LogP contribution in [0.4, 0.5) is 5.69 Å². The lowest BCUT2D eigenvalue weighted by molar-refractivity contribution is -0.117. The Morgan fingerprint density at radius 3 is 2.71 bits per heavy atom. The first kappa shape index (κ1) is 12.6. The van der Waals surface area contributed by atoms with Gasteiger partial charge >= 0.3 is 0 Å². The first-order valence-corrected chi connectivity index (χ1v) is 6.60. The highest BCUT2D eigenvalue weighted by atomic mass is 79.9. The highest BCUT2D eigenvalue weighted by molar-refractivity contribution is 9.10. The van der Waals surface area contributed by atoms with Crippen LogP contribution in [0.25, 0.3) is 0 Å². The average molecular weight is 297 g/mol. The molecule has 1 saturated heterocycles. The molecule has 1 aromatic rings. The number of carbonyl (C=O) groups is 1. The topological polar surface area (TPSA) is 46.3 Å². The Morgan fingerprint density at radius 1 is 1.41 bits per heavy atom. The molecule has 92 valence electrons. The summed E-state index contributed by atoms with van der Waals surface area (Å²) in [6.07, 6.45) is 0.574. The molecular formula is C13H17BrN2O. The predicted molar refractivity (Wildman–Crippen MR) is 73.1 cm³/mol. The molecule has 4 heteroatoms. The highest BCUT2D eigenvalue weighted by Crippen LogP contribution is 2.32. The summed E-state index contributed by atoms with van der Waals surface area (Å²) < 4.78 is 1.08. The molecule has 1 heterocycles. The van der Waals surface area contributed by atoms with Gasteiger partial charge in [0.15, 0.2) is 0 Å². The van der Waals surface area contributed by atoms with Crippen molar-refractivity contribution in [2.24, 2.45) is 11.7 Å². The van der Waals surface area contributed by atoms with E-state index in [9.17, 15) is 4.79 Å². The maximum Gasteiger partial charge on any atom is 0.227 e. The third-order valence-electron chi connectivity index (χ3n) is 3.52. The number of carbonyl (C=O) groups excluding carboxylic acids is 1. The van der Waals surface area contributed by atoms with Crippen molar-refractivity contribution in [1.29, 1.82) is 0 Å². The van der Waals surface area contributed by atoms with Crippen LogP contribution < -0.4 is 10.6 Å². The van der Waals surface area contributed by atoms with Crippen LogP contribution in [0.5, 0.6) is 0 Å². The number of benzene rings is 1. The number of hydrogen-bond acceptors (Lipinski definition) is 2. The summed E-state index contributed by atoms with van der Waals surface area (Å²) in [5, 5.41) is 0. The van der Waals surface area contributed by atoms with Gasteiger partial charge in [-0.3, -0.25) is 4.79 Å². The number of nitrogens with two attached hydrogens (primary N) is 1. The van der Waals surface area contributed by atoms with Crippen LogP contribution in [-0.2, 0) is 4.79 Å². The fourth-order valence-electron chi connectivity index (χ4n) is 2.24. The lowest BCUT2D eigenvalue weighted by Crippen LogP contribution is -2.26. The number of anilines is 1. The molecule has 1 aliphatic rings. The molecule has 0 aliphatic carbocycles. The Morgan fingerprint density at radius 2 is 2.12 bits per heavy atom. The molecule has 0 aromatic heterocycles. The molecule has 1 unspecified atom stereocenters. The van der Waals surface area contributed by atoms with Crippen molar-refractivity contribution in [1.82, 2.24) is 0 Å². The van der Waals surface area contributed by atoms with E-state index in [0.717, 1.165) is 22.3 Å². The predicted octanol–water partition coefficient (Wildman–Crippen LogP) is 2.38. The van der Waals surface area contributed by atoms with Gasteiger partial charge in [-0.1, -0.05) is 15.9 Å². The minimum Gasteiger partial charge on any atom is -0.330 e. The summed E-state index contributed by atoms with van der Waals surface area (Å²) in [5.74, 6) is 0.483. The average Bonchev–Trinajstić information content (AvgIpc) is 2.68. The van der Waals surface area contributed by atoms with Crippen molar-refractivity contribution < 1.29 is 4.79 Å². The molecule has 1 aliphatic heterocycles. The number of nitrogens with zero attached hydrogens (tertiary/aromatic N) is 1. The molecule has 2 N–H and O–H groups in total. The fraction of sp³-hybridized carbons (Fsp3) is 0.462. The van der Waals surface area contributed by atoms with Gasteiger partial charge in [0.05, 0.1) is 0 Å². The van der Waals surface area contributed by atoms with E-state index in [-0.39, 0.29) is 5.91 Å². The SMILES string of the molecule is Cc1c(Br)ccc(N2CC(CN)CC2=O)c1C. The Kier molecular flexibility index (Phi) is 3.54. The molecule has 2 rings (SSSR count). The van der Waals surface area contributed by atoms with Gasteiger partial charge in [0.1, 0.15) is 0 Å². The van der Waals surface area contributed by atoms with Crippen molar-refractivity contribution in [3.63, 3.8) is 0 Å². The Balaban J connectivity index is 2.35. The van der Waals surface area contributed by atoms with Gasteiger partial charge in [-0.05, 0) is 49.6 Å². The first-order valence-electron chi connectivity index (χ1n) is 5.80.